The van der Waals surface area contributed by atoms with E-state index in [2.05, 4.69) is 20.7 Å². The predicted molar refractivity (Wildman–Crippen MR) is 78.0 cm³/mol. The largest absolute Gasteiger partial charge is 0.306 e. The van der Waals surface area contributed by atoms with Gasteiger partial charge in [0.05, 0.1) is 15.5 Å². The van der Waals surface area contributed by atoms with E-state index in [0.29, 0.717) is 4.47 Å². The van der Waals surface area contributed by atoms with Crippen LogP contribution >= 0.6 is 15.9 Å². The molecule has 0 aliphatic heterocycles. The van der Waals surface area contributed by atoms with Crippen LogP contribution in [0.25, 0.3) is 0 Å². The second-order valence-corrected chi connectivity index (χ2v) is 6.58. The molecule has 0 saturated carbocycles. The molecular weight excluding hydrogens is 367 g/mol. The van der Waals surface area contributed by atoms with Crippen LogP contribution < -0.4 is 4.72 Å². The first-order chi connectivity index (χ1) is 9.79. The minimum Gasteiger partial charge on any atom is -0.279 e. The van der Waals surface area contributed by atoms with Crippen LogP contribution in [0.1, 0.15) is 0 Å². The van der Waals surface area contributed by atoms with Crippen LogP contribution in [0, 0.1) is 15.9 Å². The molecule has 1 N–H and O–H groups in total. The first kappa shape index (κ1) is 15.4. The number of rotatable bonds is 4. The molecule has 2 aromatic rings. The van der Waals surface area contributed by atoms with Crippen LogP contribution in [0.2, 0.25) is 0 Å². The third-order valence-corrected chi connectivity index (χ3v) is 4.37. The van der Waals surface area contributed by atoms with E-state index in [-0.39, 0.29) is 10.6 Å². The van der Waals surface area contributed by atoms with Crippen molar-refractivity contribution in [3.05, 3.63) is 62.9 Å². The molecule has 0 bridgehead atoms. The molecule has 0 heterocycles. The predicted octanol–water partition coefficient (Wildman–Crippen LogP) is 3.30. The Balaban J connectivity index is 2.37. The van der Waals surface area contributed by atoms with Crippen molar-refractivity contribution in [2.75, 3.05) is 4.72 Å². The minimum absolute atomic E-state index is 0.0242. The quantitative estimate of drug-likeness (QED) is 0.656. The maximum atomic E-state index is 13.2. The summed E-state index contributed by atoms with van der Waals surface area (Å²) in [6.07, 6.45) is 0. The van der Waals surface area contributed by atoms with Crippen molar-refractivity contribution >= 4 is 37.3 Å². The Morgan fingerprint density at radius 2 is 1.90 bits per heavy atom. The van der Waals surface area contributed by atoms with Gasteiger partial charge in [-0.25, -0.2) is 8.42 Å². The van der Waals surface area contributed by atoms with E-state index in [1.54, 1.807) is 6.07 Å². The summed E-state index contributed by atoms with van der Waals surface area (Å²) in [5, 5.41) is 10.6. The first-order valence-electron chi connectivity index (χ1n) is 5.52. The molecule has 0 fully saturated rings. The van der Waals surface area contributed by atoms with E-state index >= 15 is 0 Å². The number of nitrogens with one attached hydrogen (secondary N) is 1. The van der Waals surface area contributed by atoms with Gasteiger partial charge in [0, 0.05) is 10.5 Å². The zero-order chi connectivity index (χ0) is 15.6. The lowest BCUT2D eigenvalue weighted by Crippen LogP contribution is -2.13. The number of halogens is 2. The van der Waals surface area contributed by atoms with Gasteiger partial charge in [0.1, 0.15) is 0 Å². The van der Waals surface area contributed by atoms with Crippen LogP contribution in [-0.2, 0) is 10.0 Å². The molecular formula is C12H8BrFN2O4S. The zero-order valence-electron chi connectivity index (χ0n) is 10.3. The molecule has 0 saturated heterocycles. The first-order valence-corrected chi connectivity index (χ1v) is 7.79. The molecule has 0 aromatic heterocycles. The Morgan fingerprint density at radius 3 is 2.52 bits per heavy atom. The van der Waals surface area contributed by atoms with E-state index < -0.39 is 26.5 Å². The molecule has 2 rings (SSSR count). The molecule has 2 aromatic carbocycles. The Bertz CT molecular complexity index is 811. The fraction of sp³-hybridized carbons (Fsp3) is 0. The molecule has 9 heteroatoms. The highest BCUT2D eigenvalue weighted by Crippen LogP contribution is 2.24. The second kappa shape index (κ2) is 5.78. The third kappa shape index (κ3) is 3.56. The van der Waals surface area contributed by atoms with Crippen LogP contribution in [0.5, 0.6) is 0 Å². The Morgan fingerprint density at radius 1 is 1.19 bits per heavy atom. The summed E-state index contributed by atoms with van der Waals surface area (Å²) in [5.74, 6) is -1.04. The topological polar surface area (TPSA) is 89.3 Å². The summed E-state index contributed by atoms with van der Waals surface area (Å²) in [4.78, 5) is 9.69. The number of anilines is 1. The van der Waals surface area contributed by atoms with Gasteiger partial charge in [0.25, 0.3) is 10.0 Å². The molecule has 0 radical (unpaired) electrons. The lowest BCUT2D eigenvalue weighted by molar-refractivity contribution is -0.387. The minimum atomic E-state index is -3.92. The maximum Gasteiger partial charge on any atom is 0.306 e. The monoisotopic (exact) mass is 374 g/mol. The fourth-order valence-electron chi connectivity index (χ4n) is 1.56. The van der Waals surface area contributed by atoms with Gasteiger partial charge in [-0.2, -0.15) is 4.39 Å². The zero-order valence-corrected chi connectivity index (χ0v) is 12.7. The van der Waals surface area contributed by atoms with Crippen molar-refractivity contribution < 1.29 is 17.7 Å². The van der Waals surface area contributed by atoms with Gasteiger partial charge in [-0.05, 0) is 30.3 Å². The van der Waals surface area contributed by atoms with Crippen molar-refractivity contribution in [1.29, 1.82) is 0 Å². The number of nitro groups is 1. The van der Waals surface area contributed by atoms with Gasteiger partial charge in [-0.1, -0.05) is 22.0 Å². The van der Waals surface area contributed by atoms with Crippen LogP contribution in [0.3, 0.4) is 0 Å². The standard InChI is InChI=1S/C12H8BrFN2O4S/c13-8-2-1-3-10(6-8)21(19,20)15-9-4-5-11(14)12(7-9)16(17)18/h1-7,15H. The summed E-state index contributed by atoms with van der Waals surface area (Å²) >= 11 is 3.15. The van der Waals surface area contributed by atoms with Crippen LogP contribution in [0.15, 0.2) is 51.8 Å². The Hall–Kier alpha value is -2.00. The molecule has 6 nitrogen and oxygen atoms in total. The molecule has 0 aliphatic carbocycles. The summed E-state index contributed by atoms with van der Waals surface area (Å²) in [5.41, 5.74) is -0.896. The highest BCUT2D eigenvalue weighted by Gasteiger charge is 2.19. The number of benzene rings is 2. The second-order valence-electron chi connectivity index (χ2n) is 3.99. The SMILES string of the molecule is O=[N+]([O-])c1cc(NS(=O)(=O)c2cccc(Br)c2)ccc1F. The average Bonchev–Trinajstić information content (AvgIpc) is 2.40. The highest BCUT2D eigenvalue weighted by atomic mass is 79.9. The Labute approximate surface area is 127 Å². The third-order valence-electron chi connectivity index (χ3n) is 2.50. The molecule has 0 amide bonds. The lowest BCUT2D eigenvalue weighted by atomic mass is 10.3. The van der Waals surface area contributed by atoms with Crippen molar-refractivity contribution in [1.82, 2.24) is 0 Å². The van der Waals surface area contributed by atoms with E-state index in [1.165, 1.54) is 18.2 Å². The molecule has 21 heavy (non-hydrogen) atoms. The fourth-order valence-corrected chi connectivity index (χ4v) is 3.21. The summed E-state index contributed by atoms with van der Waals surface area (Å²) in [7, 11) is -3.92. The van der Waals surface area contributed by atoms with Crippen molar-refractivity contribution in [2.45, 2.75) is 4.90 Å². The van der Waals surface area contributed by atoms with Gasteiger partial charge in [0.2, 0.25) is 5.82 Å². The van der Waals surface area contributed by atoms with Crippen LogP contribution in [-0.4, -0.2) is 13.3 Å². The van der Waals surface area contributed by atoms with Gasteiger partial charge >= 0.3 is 5.69 Å². The maximum absolute atomic E-state index is 13.2. The highest BCUT2D eigenvalue weighted by molar-refractivity contribution is 9.10. The lowest BCUT2D eigenvalue weighted by Gasteiger charge is -2.08. The molecule has 0 spiro atoms. The van der Waals surface area contributed by atoms with Crippen molar-refractivity contribution in [3.63, 3.8) is 0 Å². The van der Waals surface area contributed by atoms with E-state index in [9.17, 15) is 22.9 Å². The molecule has 0 atom stereocenters. The smallest absolute Gasteiger partial charge is 0.279 e. The number of nitrogens with zero attached hydrogens (tertiary/aromatic N) is 1. The molecule has 110 valence electrons. The average molecular weight is 375 g/mol. The summed E-state index contributed by atoms with van der Waals surface area (Å²) < 4.78 is 40.2. The number of sulfonamides is 1. The van der Waals surface area contributed by atoms with Gasteiger partial charge in [-0.3, -0.25) is 14.8 Å². The number of hydrogen-bond donors (Lipinski definition) is 1. The summed E-state index contributed by atoms with van der Waals surface area (Å²) in [6.45, 7) is 0. The van der Waals surface area contributed by atoms with Gasteiger partial charge in [-0.15, -0.1) is 0 Å². The van der Waals surface area contributed by atoms with Crippen molar-refractivity contribution in [2.24, 2.45) is 0 Å². The van der Waals surface area contributed by atoms with E-state index in [0.717, 1.165) is 18.2 Å². The van der Waals surface area contributed by atoms with E-state index in [1.807, 2.05) is 0 Å². The normalized spacial score (nSPS) is 11.1. The number of nitro benzene ring substituents is 1. The summed E-state index contributed by atoms with van der Waals surface area (Å²) in [6, 6.07) is 8.69. The van der Waals surface area contributed by atoms with Gasteiger partial charge < -0.3 is 0 Å². The molecule has 0 unspecified atom stereocenters. The van der Waals surface area contributed by atoms with Gasteiger partial charge in [0.15, 0.2) is 0 Å². The van der Waals surface area contributed by atoms with E-state index in [4.69, 9.17) is 0 Å². The Kier molecular flexibility index (Phi) is 4.24. The van der Waals surface area contributed by atoms with Crippen LogP contribution in [0.4, 0.5) is 15.8 Å². The molecule has 0 aliphatic rings. The van der Waals surface area contributed by atoms with Crippen molar-refractivity contribution in [3.8, 4) is 0 Å². The number of hydrogen-bond acceptors (Lipinski definition) is 4.